The molecule has 0 bridgehead atoms. The third kappa shape index (κ3) is 2.09. The highest BCUT2D eigenvalue weighted by Gasteiger charge is 2.09. The van der Waals surface area contributed by atoms with Gasteiger partial charge in [0.15, 0.2) is 0 Å². The van der Waals surface area contributed by atoms with E-state index in [4.69, 9.17) is 10.3 Å². The van der Waals surface area contributed by atoms with E-state index in [1.807, 2.05) is 19.9 Å². The maximum Gasteiger partial charge on any atom is 0.146 e. The smallest absolute Gasteiger partial charge is 0.146 e. The van der Waals surface area contributed by atoms with Crippen LogP contribution in [0.5, 0.6) is 0 Å². The minimum absolute atomic E-state index is 0.688. The molecule has 3 N–H and O–H groups in total. The molecule has 0 aliphatic carbocycles. The van der Waals surface area contributed by atoms with Crippen LogP contribution in [-0.4, -0.2) is 12.4 Å². The summed E-state index contributed by atoms with van der Waals surface area (Å²) in [5.41, 5.74) is 3.52. The van der Waals surface area contributed by atoms with Gasteiger partial charge in [-0.25, -0.2) is 5.84 Å². The molecule has 13 heavy (non-hydrogen) atoms. The molecule has 4 heteroatoms. The molecule has 72 valence electrons. The van der Waals surface area contributed by atoms with Crippen molar-refractivity contribution < 1.29 is 4.42 Å². The minimum atomic E-state index is 0.688. The van der Waals surface area contributed by atoms with Gasteiger partial charge in [-0.1, -0.05) is 6.92 Å². The summed E-state index contributed by atoms with van der Waals surface area (Å²) in [7, 11) is 0. The van der Waals surface area contributed by atoms with Crippen LogP contribution in [0.1, 0.15) is 25.2 Å². The number of furan rings is 1. The number of hydrogen-bond acceptors (Lipinski definition) is 3. The second-order valence-electron chi connectivity index (χ2n) is 2.58. The quantitative estimate of drug-likeness (QED) is 0.317. The second-order valence-corrected chi connectivity index (χ2v) is 2.58. The van der Waals surface area contributed by atoms with E-state index < -0.39 is 0 Å². The molecular weight excluding hydrogens is 166 g/mol. The first-order valence-electron chi connectivity index (χ1n) is 4.41. The van der Waals surface area contributed by atoms with Gasteiger partial charge in [-0.15, -0.1) is 0 Å². The van der Waals surface area contributed by atoms with E-state index in [-0.39, 0.29) is 0 Å². The Hall–Kier alpha value is -1.29. The van der Waals surface area contributed by atoms with Crippen molar-refractivity contribution in [3.8, 4) is 0 Å². The van der Waals surface area contributed by atoms with Crippen molar-refractivity contribution in [2.45, 2.75) is 20.3 Å². The number of amidine groups is 1. The normalized spacial score (nSPS) is 11.8. The van der Waals surface area contributed by atoms with Crippen LogP contribution < -0.4 is 11.3 Å². The van der Waals surface area contributed by atoms with E-state index in [0.29, 0.717) is 12.4 Å². The number of hydrazine groups is 1. The zero-order valence-corrected chi connectivity index (χ0v) is 8.00. The van der Waals surface area contributed by atoms with Gasteiger partial charge in [0.25, 0.3) is 0 Å². The monoisotopic (exact) mass is 181 g/mol. The zero-order valence-electron chi connectivity index (χ0n) is 8.00. The first-order valence-corrected chi connectivity index (χ1v) is 4.41. The number of hydrogen-bond donors (Lipinski definition) is 2. The molecule has 1 aromatic rings. The second kappa shape index (κ2) is 4.67. The van der Waals surface area contributed by atoms with Crippen molar-refractivity contribution in [2.24, 2.45) is 10.8 Å². The van der Waals surface area contributed by atoms with Crippen LogP contribution in [0.4, 0.5) is 0 Å². The summed E-state index contributed by atoms with van der Waals surface area (Å²) in [4.78, 5) is 4.21. The van der Waals surface area contributed by atoms with Crippen LogP contribution in [-0.2, 0) is 6.42 Å². The Balaban J connectivity index is 2.97. The molecule has 0 fully saturated rings. The highest BCUT2D eigenvalue weighted by molar-refractivity contribution is 5.99. The Morgan fingerprint density at radius 1 is 1.62 bits per heavy atom. The van der Waals surface area contributed by atoms with Crippen LogP contribution >= 0.6 is 0 Å². The first-order chi connectivity index (χ1) is 6.33. The molecule has 0 unspecified atom stereocenters. The van der Waals surface area contributed by atoms with Crippen LogP contribution in [0.2, 0.25) is 0 Å². The molecule has 1 rings (SSSR count). The Morgan fingerprint density at radius 3 is 2.92 bits per heavy atom. The number of aliphatic imine (C=N–C) groups is 1. The van der Waals surface area contributed by atoms with Gasteiger partial charge >= 0.3 is 0 Å². The van der Waals surface area contributed by atoms with Crippen LogP contribution in [0.15, 0.2) is 21.7 Å². The zero-order chi connectivity index (χ0) is 9.68. The fourth-order valence-corrected chi connectivity index (χ4v) is 1.19. The predicted molar refractivity (Wildman–Crippen MR) is 52.5 cm³/mol. The lowest BCUT2D eigenvalue weighted by Crippen LogP contribution is -2.31. The first kappa shape index (κ1) is 9.80. The topological polar surface area (TPSA) is 63.5 Å². The molecule has 0 spiro atoms. The number of nitrogens with one attached hydrogen (secondary N) is 1. The summed E-state index contributed by atoms with van der Waals surface area (Å²) >= 11 is 0. The van der Waals surface area contributed by atoms with Gasteiger partial charge in [0.2, 0.25) is 0 Å². The largest absolute Gasteiger partial charge is 0.469 e. The van der Waals surface area contributed by atoms with Crippen LogP contribution in [0.3, 0.4) is 0 Å². The molecule has 1 heterocycles. The average Bonchev–Trinajstić information content (AvgIpc) is 2.61. The van der Waals surface area contributed by atoms with Gasteiger partial charge in [0.1, 0.15) is 11.6 Å². The van der Waals surface area contributed by atoms with E-state index in [1.165, 1.54) is 0 Å². The lowest BCUT2D eigenvalue weighted by atomic mass is 10.2. The maximum absolute atomic E-state index is 5.35. The molecule has 0 aromatic carbocycles. The molecule has 0 atom stereocenters. The van der Waals surface area contributed by atoms with E-state index >= 15 is 0 Å². The highest BCUT2D eigenvalue weighted by atomic mass is 16.3. The van der Waals surface area contributed by atoms with Crippen LogP contribution in [0.25, 0.3) is 0 Å². The lowest BCUT2D eigenvalue weighted by Gasteiger charge is -2.03. The molecule has 4 nitrogen and oxygen atoms in total. The number of aryl methyl sites for hydroxylation is 1. The number of nitrogens with two attached hydrogens (primary N) is 1. The van der Waals surface area contributed by atoms with Crippen LogP contribution in [0, 0.1) is 0 Å². The Morgan fingerprint density at radius 2 is 2.38 bits per heavy atom. The molecule has 1 aromatic heterocycles. The van der Waals surface area contributed by atoms with Gasteiger partial charge < -0.3 is 9.84 Å². The fourth-order valence-electron chi connectivity index (χ4n) is 1.19. The van der Waals surface area contributed by atoms with Gasteiger partial charge in [0.05, 0.1) is 11.8 Å². The summed E-state index contributed by atoms with van der Waals surface area (Å²) in [6.45, 7) is 4.69. The lowest BCUT2D eigenvalue weighted by molar-refractivity contribution is 0.515. The number of rotatable bonds is 3. The van der Waals surface area contributed by atoms with Crippen molar-refractivity contribution in [3.63, 3.8) is 0 Å². The third-order valence-corrected chi connectivity index (χ3v) is 1.77. The van der Waals surface area contributed by atoms with E-state index in [2.05, 4.69) is 10.4 Å². The SMILES string of the molecule is CCN=C(NN)c1ccoc1CC. The van der Waals surface area contributed by atoms with Crippen molar-refractivity contribution in [1.82, 2.24) is 5.43 Å². The molecule has 0 saturated carbocycles. The van der Waals surface area contributed by atoms with Crippen molar-refractivity contribution in [1.29, 1.82) is 0 Å². The molecular formula is C9H15N3O. The summed E-state index contributed by atoms with van der Waals surface area (Å²) < 4.78 is 5.27. The Labute approximate surface area is 77.8 Å². The van der Waals surface area contributed by atoms with Gasteiger partial charge in [-0.3, -0.25) is 4.99 Å². The van der Waals surface area contributed by atoms with E-state index in [9.17, 15) is 0 Å². The molecule has 0 aliphatic heterocycles. The van der Waals surface area contributed by atoms with Gasteiger partial charge in [0, 0.05) is 13.0 Å². The van der Waals surface area contributed by atoms with Crippen molar-refractivity contribution in [3.05, 3.63) is 23.7 Å². The van der Waals surface area contributed by atoms with Gasteiger partial charge in [-0.05, 0) is 13.0 Å². The fraction of sp³-hybridized carbons (Fsp3) is 0.444. The van der Waals surface area contributed by atoms with E-state index in [0.717, 1.165) is 17.7 Å². The third-order valence-electron chi connectivity index (χ3n) is 1.77. The summed E-state index contributed by atoms with van der Waals surface area (Å²) in [5.74, 6) is 6.95. The highest BCUT2D eigenvalue weighted by Crippen LogP contribution is 2.11. The minimum Gasteiger partial charge on any atom is -0.469 e. The van der Waals surface area contributed by atoms with Gasteiger partial charge in [-0.2, -0.15) is 0 Å². The summed E-state index contributed by atoms with van der Waals surface area (Å²) in [6, 6.07) is 1.87. The standard InChI is InChI=1S/C9H15N3O/c1-3-8-7(5-6-13-8)9(12-10)11-4-2/h5-6H,3-4,10H2,1-2H3,(H,11,12). The van der Waals surface area contributed by atoms with Crippen molar-refractivity contribution >= 4 is 5.84 Å². The Bertz CT molecular complexity index is 291. The molecule has 0 radical (unpaired) electrons. The molecule has 0 aliphatic rings. The van der Waals surface area contributed by atoms with E-state index in [1.54, 1.807) is 6.26 Å². The summed E-state index contributed by atoms with van der Waals surface area (Å²) in [5, 5.41) is 0. The summed E-state index contributed by atoms with van der Waals surface area (Å²) in [6.07, 6.45) is 2.49. The predicted octanol–water partition coefficient (Wildman–Crippen LogP) is 1.07. The Kier molecular flexibility index (Phi) is 3.52. The van der Waals surface area contributed by atoms with Crippen molar-refractivity contribution in [2.75, 3.05) is 6.54 Å². The number of nitrogens with zero attached hydrogens (tertiary/aromatic N) is 1. The maximum atomic E-state index is 5.35. The molecule has 0 saturated heterocycles. The molecule has 0 amide bonds. The average molecular weight is 181 g/mol.